The standard InChI is InChI=1S/C16H17N3O4S/c1-11-14(15(20)18-16(21)17-11)24(22,23)19-9-7-13(8-10-19)12-5-3-2-4-6-12/h2-7H,8-10H2,1H3,(H2,17,18,20,21). The largest absolute Gasteiger partial charge is 0.325 e. The van der Waals surface area contributed by atoms with E-state index in [1.165, 1.54) is 11.2 Å². The van der Waals surface area contributed by atoms with Crippen molar-refractivity contribution in [3.05, 3.63) is 68.5 Å². The number of H-pyrrole nitrogens is 2. The minimum atomic E-state index is -3.97. The Morgan fingerprint density at radius 2 is 1.79 bits per heavy atom. The van der Waals surface area contributed by atoms with Crippen LogP contribution in [0.15, 0.2) is 50.9 Å². The molecule has 1 aliphatic heterocycles. The zero-order valence-electron chi connectivity index (χ0n) is 13.1. The molecule has 126 valence electrons. The Balaban J connectivity index is 1.93. The molecule has 0 fully saturated rings. The fourth-order valence-corrected chi connectivity index (χ4v) is 4.40. The van der Waals surface area contributed by atoms with Crippen LogP contribution in [0, 0.1) is 6.92 Å². The Kier molecular flexibility index (Phi) is 4.25. The zero-order valence-corrected chi connectivity index (χ0v) is 13.9. The van der Waals surface area contributed by atoms with Crippen LogP contribution in [0.25, 0.3) is 5.57 Å². The van der Waals surface area contributed by atoms with Gasteiger partial charge >= 0.3 is 5.69 Å². The maximum absolute atomic E-state index is 12.7. The average Bonchev–Trinajstić information content (AvgIpc) is 2.54. The van der Waals surface area contributed by atoms with Crippen LogP contribution in [0.4, 0.5) is 0 Å². The molecule has 0 spiro atoms. The Hall–Kier alpha value is -2.45. The molecule has 2 heterocycles. The molecular weight excluding hydrogens is 330 g/mol. The fourth-order valence-electron chi connectivity index (χ4n) is 2.81. The van der Waals surface area contributed by atoms with Gasteiger partial charge in [-0.05, 0) is 24.5 Å². The highest BCUT2D eigenvalue weighted by molar-refractivity contribution is 7.89. The van der Waals surface area contributed by atoms with Crippen LogP contribution in [-0.2, 0) is 10.0 Å². The number of aromatic nitrogens is 2. The quantitative estimate of drug-likeness (QED) is 0.859. The van der Waals surface area contributed by atoms with E-state index < -0.39 is 26.2 Å². The maximum Gasteiger partial charge on any atom is 0.325 e. The summed E-state index contributed by atoms with van der Waals surface area (Å²) in [5, 5.41) is 0. The van der Waals surface area contributed by atoms with E-state index in [4.69, 9.17) is 0 Å². The fraction of sp³-hybridized carbons (Fsp3) is 0.250. The van der Waals surface area contributed by atoms with Crippen molar-refractivity contribution >= 4 is 15.6 Å². The molecule has 0 saturated carbocycles. The lowest BCUT2D eigenvalue weighted by Crippen LogP contribution is -2.39. The number of aryl methyl sites for hydroxylation is 1. The van der Waals surface area contributed by atoms with Crippen molar-refractivity contribution in [3.63, 3.8) is 0 Å². The normalized spacial score (nSPS) is 16.0. The smallest absolute Gasteiger partial charge is 0.310 e. The molecule has 24 heavy (non-hydrogen) atoms. The van der Waals surface area contributed by atoms with Crippen molar-refractivity contribution in [2.75, 3.05) is 13.1 Å². The second-order valence-electron chi connectivity index (χ2n) is 5.57. The second-order valence-corrected chi connectivity index (χ2v) is 7.45. The van der Waals surface area contributed by atoms with E-state index in [1.807, 2.05) is 41.4 Å². The first-order valence-electron chi connectivity index (χ1n) is 7.47. The Labute approximate surface area is 138 Å². The lowest BCUT2D eigenvalue weighted by molar-refractivity contribution is 0.439. The molecule has 0 radical (unpaired) electrons. The van der Waals surface area contributed by atoms with Gasteiger partial charge in [0, 0.05) is 18.8 Å². The van der Waals surface area contributed by atoms with Gasteiger partial charge in [0.2, 0.25) is 0 Å². The van der Waals surface area contributed by atoms with Gasteiger partial charge in [0.05, 0.1) is 0 Å². The molecule has 2 N–H and O–H groups in total. The molecule has 1 aromatic carbocycles. The van der Waals surface area contributed by atoms with E-state index in [0.717, 1.165) is 11.1 Å². The Bertz CT molecular complexity index is 1000. The highest BCUT2D eigenvalue weighted by Gasteiger charge is 2.30. The Morgan fingerprint density at radius 3 is 2.38 bits per heavy atom. The highest BCUT2D eigenvalue weighted by atomic mass is 32.2. The van der Waals surface area contributed by atoms with Crippen molar-refractivity contribution in [3.8, 4) is 0 Å². The number of rotatable bonds is 3. The minimum absolute atomic E-state index is 0.0431. The first-order chi connectivity index (χ1) is 11.4. The molecule has 2 aromatic rings. The lowest BCUT2D eigenvalue weighted by atomic mass is 10.0. The number of aromatic amines is 2. The summed E-state index contributed by atoms with van der Waals surface area (Å²) in [7, 11) is -3.97. The molecule has 1 aromatic heterocycles. The molecule has 7 nitrogen and oxygen atoms in total. The van der Waals surface area contributed by atoms with Gasteiger partial charge in [-0.25, -0.2) is 13.2 Å². The van der Waals surface area contributed by atoms with Gasteiger partial charge in [0.25, 0.3) is 15.6 Å². The number of nitrogens with one attached hydrogen (secondary N) is 2. The third-order valence-corrected chi connectivity index (χ3v) is 6.01. The van der Waals surface area contributed by atoms with Crippen molar-refractivity contribution in [2.45, 2.75) is 18.2 Å². The van der Waals surface area contributed by atoms with E-state index in [-0.39, 0.29) is 18.8 Å². The Morgan fingerprint density at radius 1 is 1.08 bits per heavy atom. The molecule has 3 rings (SSSR count). The van der Waals surface area contributed by atoms with Crippen molar-refractivity contribution in [2.24, 2.45) is 0 Å². The summed E-state index contributed by atoms with van der Waals surface area (Å²) >= 11 is 0. The van der Waals surface area contributed by atoms with Gasteiger partial charge in [0.1, 0.15) is 0 Å². The number of sulfonamides is 1. The molecule has 0 bridgehead atoms. The van der Waals surface area contributed by atoms with E-state index in [2.05, 4.69) is 4.98 Å². The number of nitrogens with zero attached hydrogens (tertiary/aromatic N) is 1. The van der Waals surface area contributed by atoms with Gasteiger partial charge in [0.15, 0.2) is 4.90 Å². The van der Waals surface area contributed by atoms with Crippen molar-refractivity contribution in [1.82, 2.24) is 14.3 Å². The molecular formula is C16H17N3O4S. The van der Waals surface area contributed by atoms with Crippen LogP contribution in [0.3, 0.4) is 0 Å². The zero-order chi connectivity index (χ0) is 17.3. The van der Waals surface area contributed by atoms with Crippen LogP contribution in [0.5, 0.6) is 0 Å². The molecule has 1 aliphatic rings. The number of hydrogen-bond acceptors (Lipinski definition) is 4. The lowest BCUT2D eigenvalue weighted by Gasteiger charge is -2.26. The minimum Gasteiger partial charge on any atom is -0.310 e. The monoisotopic (exact) mass is 347 g/mol. The number of benzene rings is 1. The SMILES string of the molecule is Cc1[nH]c(=O)[nH]c(=O)c1S(=O)(=O)N1CC=C(c2ccccc2)CC1. The first kappa shape index (κ1) is 16.4. The predicted octanol–water partition coefficient (Wildman–Crippen LogP) is 0.850. The van der Waals surface area contributed by atoms with Crippen LogP contribution in [-0.4, -0.2) is 35.8 Å². The third kappa shape index (κ3) is 2.98. The highest BCUT2D eigenvalue weighted by Crippen LogP contribution is 2.25. The summed E-state index contributed by atoms with van der Waals surface area (Å²) in [4.78, 5) is 27.1. The summed E-state index contributed by atoms with van der Waals surface area (Å²) in [5.74, 6) is 0. The van der Waals surface area contributed by atoms with E-state index >= 15 is 0 Å². The molecule has 0 unspecified atom stereocenters. The molecule has 8 heteroatoms. The van der Waals surface area contributed by atoms with Crippen molar-refractivity contribution in [1.29, 1.82) is 0 Å². The van der Waals surface area contributed by atoms with Crippen LogP contribution >= 0.6 is 0 Å². The first-order valence-corrected chi connectivity index (χ1v) is 8.91. The second kappa shape index (κ2) is 6.21. The van der Waals surface area contributed by atoms with E-state index in [9.17, 15) is 18.0 Å². The predicted molar refractivity (Wildman–Crippen MR) is 90.2 cm³/mol. The van der Waals surface area contributed by atoms with E-state index in [0.29, 0.717) is 6.42 Å². The van der Waals surface area contributed by atoms with Crippen LogP contribution in [0.2, 0.25) is 0 Å². The van der Waals surface area contributed by atoms with E-state index in [1.54, 1.807) is 0 Å². The van der Waals surface area contributed by atoms with Gasteiger partial charge in [-0.1, -0.05) is 36.4 Å². The number of hydrogen-bond donors (Lipinski definition) is 2. The maximum atomic E-state index is 12.7. The van der Waals surface area contributed by atoms with Gasteiger partial charge in [-0.3, -0.25) is 9.78 Å². The molecule has 0 atom stereocenters. The third-order valence-electron chi connectivity index (χ3n) is 3.99. The summed E-state index contributed by atoms with van der Waals surface area (Å²) < 4.78 is 26.7. The summed E-state index contributed by atoms with van der Waals surface area (Å²) in [6.07, 6.45) is 2.41. The van der Waals surface area contributed by atoms with Gasteiger partial charge in [-0.2, -0.15) is 4.31 Å². The molecule has 0 aliphatic carbocycles. The van der Waals surface area contributed by atoms with Gasteiger partial charge in [-0.15, -0.1) is 0 Å². The summed E-state index contributed by atoms with van der Waals surface area (Å²) in [6, 6.07) is 9.75. The van der Waals surface area contributed by atoms with Crippen LogP contribution < -0.4 is 11.2 Å². The van der Waals surface area contributed by atoms with Crippen LogP contribution in [0.1, 0.15) is 17.7 Å². The summed E-state index contributed by atoms with van der Waals surface area (Å²) in [5.41, 5.74) is 0.568. The van der Waals surface area contributed by atoms with Gasteiger partial charge < -0.3 is 4.98 Å². The topological polar surface area (TPSA) is 103 Å². The van der Waals surface area contributed by atoms with Crippen molar-refractivity contribution < 1.29 is 8.42 Å². The average molecular weight is 347 g/mol. The molecule has 0 saturated heterocycles. The summed E-state index contributed by atoms with van der Waals surface area (Å²) in [6.45, 7) is 1.87. The molecule has 0 amide bonds.